The molecule has 5 heteroatoms. The number of aryl methyl sites for hydroxylation is 3. The van der Waals surface area contributed by atoms with Gasteiger partial charge < -0.3 is 10.2 Å². The van der Waals surface area contributed by atoms with Crippen molar-refractivity contribution in [2.45, 2.75) is 33.2 Å². The number of rotatable bonds is 3. The molecule has 1 aliphatic heterocycles. The van der Waals surface area contributed by atoms with Crippen molar-refractivity contribution in [3.8, 4) is 0 Å². The molecule has 0 radical (unpaired) electrons. The Kier molecular flexibility index (Phi) is 4.22. The van der Waals surface area contributed by atoms with Crippen LogP contribution < -0.4 is 10.2 Å². The first-order valence-electron chi connectivity index (χ1n) is 7.70. The van der Waals surface area contributed by atoms with Gasteiger partial charge in [0.2, 0.25) is 5.91 Å². The number of benzene rings is 1. The summed E-state index contributed by atoms with van der Waals surface area (Å²) in [6.07, 6.45) is 0.641. The molecule has 0 saturated carbocycles. The molecule has 0 bridgehead atoms. The van der Waals surface area contributed by atoms with Gasteiger partial charge in [0.1, 0.15) is 6.04 Å². The van der Waals surface area contributed by atoms with Gasteiger partial charge in [-0.05, 0) is 67.5 Å². The lowest BCUT2D eigenvalue weighted by molar-refractivity contribution is -0.118. The Morgan fingerprint density at radius 3 is 2.52 bits per heavy atom. The Hall–Kier alpha value is -2.14. The van der Waals surface area contributed by atoms with E-state index < -0.39 is 6.04 Å². The maximum Gasteiger partial charge on any atom is 0.262 e. The Balaban J connectivity index is 1.74. The van der Waals surface area contributed by atoms with Gasteiger partial charge in [0.05, 0.1) is 4.88 Å². The zero-order chi connectivity index (χ0) is 16.6. The zero-order valence-corrected chi connectivity index (χ0v) is 14.4. The maximum absolute atomic E-state index is 12.6. The third-order valence-corrected chi connectivity index (χ3v) is 5.11. The van der Waals surface area contributed by atoms with Crippen LogP contribution in [0.2, 0.25) is 0 Å². The van der Waals surface area contributed by atoms with E-state index in [0.29, 0.717) is 17.8 Å². The number of carbonyl (C=O) groups is 2. The highest BCUT2D eigenvalue weighted by molar-refractivity contribution is 7.12. The second kappa shape index (κ2) is 6.16. The minimum Gasteiger partial charge on any atom is -0.339 e. The van der Waals surface area contributed by atoms with Gasteiger partial charge in [0, 0.05) is 12.2 Å². The van der Waals surface area contributed by atoms with Gasteiger partial charge in [-0.15, -0.1) is 11.3 Å². The number of anilines is 1. The third-order valence-electron chi connectivity index (χ3n) is 4.10. The van der Waals surface area contributed by atoms with Crippen LogP contribution in [0.1, 0.15) is 32.8 Å². The van der Waals surface area contributed by atoms with Crippen molar-refractivity contribution in [3.05, 3.63) is 51.2 Å². The lowest BCUT2D eigenvalue weighted by atomic mass is 10.1. The van der Waals surface area contributed by atoms with Crippen LogP contribution in [0.25, 0.3) is 0 Å². The fourth-order valence-electron chi connectivity index (χ4n) is 3.01. The van der Waals surface area contributed by atoms with E-state index in [0.717, 1.165) is 22.4 Å². The highest BCUT2D eigenvalue weighted by atomic mass is 32.1. The van der Waals surface area contributed by atoms with Crippen molar-refractivity contribution in [2.75, 3.05) is 11.4 Å². The molecule has 120 valence electrons. The Morgan fingerprint density at radius 1 is 1.22 bits per heavy atom. The zero-order valence-electron chi connectivity index (χ0n) is 13.6. The Labute approximate surface area is 140 Å². The van der Waals surface area contributed by atoms with Crippen LogP contribution in [0.4, 0.5) is 5.69 Å². The number of nitrogens with one attached hydrogen (secondary N) is 1. The second-order valence-corrected chi connectivity index (χ2v) is 7.00. The van der Waals surface area contributed by atoms with E-state index in [4.69, 9.17) is 0 Å². The topological polar surface area (TPSA) is 49.4 Å². The molecule has 1 aliphatic rings. The molecule has 23 heavy (non-hydrogen) atoms. The number of hydrogen-bond acceptors (Lipinski definition) is 3. The van der Waals surface area contributed by atoms with Crippen molar-refractivity contribution in [1.29, 1.82) is 0 Å². The molecule has 3 rings (SSSR count). The van der Waals surface area contributed by atoms with E-state index in [-0.39, 0.29) is 11.8 Å². The van der Waals surface area contributed by atoms with E-state index in [9.17, 15) is 9.59 Å². The molecule has 2 heterocycles. The Bertz CT molecular complexity index is 746. The standard InChI is InChI=1S/C18H20N2O2S/c1-11-8-12(2)10-14(9-11)20-6-4-15(18(20)22)19-17(21)16-13(3)5-7-23-16/h5,7-10,15H,4,6H2,1-3H3,(H,19,21)/t15-/m1/s1. The first-order valence-corrected chi connectivity index (χ1v) is 8.58. The summed E-state index contributed by atoms with van der Waals surface area (Å²) in [5, 5.41) is 4.77. The quantitative estimate of drug-likeness (QED) is 0.940. The summed E-state index contributed by atoms with van der Waals surface area (Å²) in [4.78, 5) is 27.4. The van der Waals surface area contributed by atoms with E-state index in [1.165, 1.54) is 11.3 Å². The van der Waals surface area contributed by atoms with Crippen LogP contribution in [0.15, 0.2) is 29.6 Å². The summed E-state index contributed by atoms with van der Waals surface area (Å²) >= 11 is 1.41. The highest BCUT2D eigenvalue weighted by Crippen LogP contribution is 2.25. The molecule has 2 aromatic rings. The molecule has 1 saturated heterocycles. The lowest BCUT2D eigenvalue weighted by Crippen LogP contribution is -2.41. The van der Waals surface area contributed by atoms with Crippen molar-refractivity contribution < 1.29 is 9.59 Å². The highest BCUT2D eigenvalue weighted by Gasteiger charge is 2.34. The van der Waals surface area contributed by atoms with Crippen molar-refractivity contribution in [3.63, 3.8) is 0 Å². The Morgan fingerprint density at radius 2 is 1.91 bits per heavy atom. The monoisotopic (exact) mass is 328 g/mol. The van der Waals surface area contributed by atoms with Crippen molar-refractivity contribution in [2.24, 2.45) is 0 Å². The van der Waals surface area contributed by atoms with Crippen LogP contribution in [-0.4, -0.2) is 24.4 Å². The number of hydrogen-bond donors (Lipinski definition) is 1. The molecule has 0 spiro atoms. The number of amides is 2. The number of carbonyl (C=O) groups excluding carboxylic acids is 2. The van der Waals surface area contributed by atoms with Gasteiger partial charge in [-0.3, -0.25) is 9.59 Å². The molecule has 4 nitrogen and oxygen atoms in total. The van der Waals surface area contributed by atoms with Gasteiger partial charge in [0.25, 0.3) is 5.91 Å². The van der Waals surface area contributed by atoms with Crippen LogP contribution in [0.3, 0.4) is 0 Å². The van der Waals surface area contributed by atoms with Gasteiger partial charge >= 0.3 is 0 Å². The largest absolute Gasteiger partial charge is 0.339 e. The first-order chi connectivity index (χ1) is 11.0. The maximum atomic E-state index is 12.6. The van der Waals surface area contributed by atoms with Crippen LogP contribution in [-0.2, 0) is 4.79 Å². The van der Waals surface area contributed by atoms with Crippen LogP contribution in [0, 0.1) is 20.8 Å². The van der Waals surface area contributed by atoms with Crippen LogP contribution in [0.5, 0.6) is 0 Å². The van der Waals surface area contributed by atoms with Gasteiger partial charge in [-0.25, -0.2) is 0 Å². The summed E-state index contributed by atoms with van der Waals surface area (Å²) < 4.78 is 0. The third kappa shape index (κ3) is 3.15. The number of thiophene rings is 1. The van der Waals surface area contributed by atoms with Crippen molar-refractivity contribution >= 4 is 28.8 Å². The van der Waals surface area contributed by atoms with E-state index >= 15 is 0 Å². The summed E-state index contributed by atoms with van der Waals surface area (Å²) in [6.45, 7) is 6.59. The fraction of sp³-hybridized carbons (Fsp3) is 0.333. The summed E-state index contributed by atoms with van der Waals surface area (Å²) in [5.41, 5.74) is 4.13. The molecule has 1 atom stereocenters. The first kappa shape index (κ1) is 15.7. The molecule has 1 aromatic heterocycles. The fourth-order valence-corrected chi connectivity index (χ4v) is 3.83. The van der Waals surface area contributed by atoms with E-state index in [1.54, 1.807) is 4.90 Å². The molecule has 1 aromatic carbocycles. The van der Waals surface area contributed by atoms with Crippen LogP contribution >= 0.6 is 11.3 Å². The van der Waals surface area contributed by atoms with Crippen molar-refractivity contribution in [1.82, 2.24) is 5.32 Å². The summed E-state index contributed by atoms with van der Waals surface area (Å²) in [5.74, 6) is -0.185. The minimum atomic E-state index is -0.440. The SMILES string of the molecule is Cc1cc(C)cc(N2CC[C@@H](NC(=O)c3sccc3C)C2=O)c1. The number of nitrogens with zero attached hydrogens (tertiary/aromatic N) is 1. The molecule has 0 aliphatic carbocycles. The molecule has 1 N–H and O–H groups in total. The average Bonchev–Trinajstić information content (AvgIpc) is 3.05. The normalized spacial score (nSPS) is 17.6. The second-order valence-electron chi connectivity index (χ2n) is 6.08. The molecular weight excluding hydrogens is 308 g/mol. The predicted molar refractivity (Wildman–Crippen MR) is 93.2 cm³/mol. The predicted octanol–water partition coefficient (Wildman–Crippen LogP) is 3.21. The summed E-state index contributed by atoms with van der Waals surface area (Å²) in [6, 6.07) is 7.59. The smallest absolute Gasteiger partial charge is 0.262 e. The van der Waals surface area contributed by atoms with Gasteiger partial charge in [0.15, 0.2) is 0 Å². The summed E-state index contributed by atoms with van der Waals surface area (Å²) in [7, 11) is 0. The molecule has 1 fully saturated rings. The van der Waals surface area contributed by atoms with Gasteiger partial charge in [-0.2, -0.15) is 0 Å². The minimum absolute atomic E-state index is 0.0300. The molecule has 2 amide bonds. The molecule has 0 unspecified atom stereocenters. The average molecular weight is 328 g/mol. The van der Waals surface area contributed by atoms with E-state index in [2.05, 4.69) is 11.4 Å². The molecular formula is C18H20N2O2S. The van der Waals surface area contributed by atoms with E-state index in [1.807, 2.05) is 44.4 Å². The lowest BCUT2D eigenvalue weighted by Gasteiger charge is -2.18. The van der Waals surface area contributed by atoms with Gasteiger partial charge in [-0.1, -0.05) is 6.07 Å².